The Bertz CT molecular complexity index is 1010. The van der Waals surface area contributed by atoms with E-state index in [1.54, 1.807) is 12.1 Å². The number of carbonyl (C=O) groups is 2. The van der Waals surface area contributed by atoms with E-state index >= 15 is 0 Å². The SMILES string of the molecule is CCCCCOc1ccc(-c2ccc(C(=O)CC(CCc3ccccc3)C(=O)O)cc2)cc1. The van der Waals surface area contributed by atoms with Gasteiger partial charge in [0.1, 0.15) is 5.75 Å². The molecule has 1 unspecified atom stereocenters. The molecule has 4 nitrogen and oxygen atoms in total. The molecule has 0 radical (unpaired) electrons. The Labute approximate surface area is 196 Å². The van der Waals surface area contributed by atoms with E-state index in [-0.39, 0.29) is 12.2 Å². The fourth-order valence-corrected chi connectivity index (χ4v) is 3.77. The van der Waals surface area contributed by atoms with Crippen molar-refractivity contribution >= 4 is 11.8 Å². The van der Waals surface area contributed by atoms with Crippen LogP contribution in [0.1, 0.15) is 54.9 Å². The van der Waals surface area contributed by atoms with Crippen molar-refractivity contribution in [3.8, 4) is 16.9 Å². The summed E-state index contributed by atoms with van der Waals surface area (Å²) in [5.74, 6) is -0.898. The topological polar surface area (TPSA) is 63.6 Å². The molecule has 0 amide bonds. The maximum Gasteiger partial charge on any atom is 0.306 e. The number of rotatable bonds is 13. The van der Waals surface area contributed by atoms with Crippen LogP contribution in [0.5, 0.6) is 5.75 Å². The molecule has 0 aliphatic heterocycles. The number of carbonyl (C=O) groups excluding carboxylic acids is 1. The molecular formula is C29H32O4. The van der Waals surface area contributed by atoms with Crippen LogP contribution >= 0.6 is 0 Å². The van der Waals surface area contributed by atoms with Crippen molar-refractivity contribution < 1.29 is 19.4 Å². The van der Waals surface area contributed by atoms with Gasteiger partial charge in [0.25, 0.3) is 0 Å². The summed E-state index contributed by atoms with van der Waals surface area (Å²) in [6.07, 6.45) is 4.49. The lowest BCUT2D eigenvalue weighted by Gasteiger charge is -2.12. The van der Waals surface area contributed by atoms with Gasteiger partial charge < -0.3 is 9.84 Å². The summed E-state index contributed by atoms with van der Waals surface area (Å²) in [5.41, 5.74) is 3.67. The van der Waals surface area contributed by atoms with E-state index in [0.29, 0.717) is 18.4 Å². The number of Topliss-reactive ketones (excluding diaryl/α,β-unsaturated/α-hetero) is 1. The molecule has 3 aromatic rings. The first-order valence-electron chi connectivity index (χ1n) is 11.7. The van der Waals surface area contributed by atoms with E-state index < -0.39 is 11.9 Å². The predicted molar refractivity (Wildman–Crippen MR) is 132 cm³/mol. The third-order valence-electron chi connectivity index (χ3n) is 5.82. The van der Waals surface area contributed by atoms with Crippen LogP contribution in [0.25, 0.3) is 11.1 Å². The van der Waals surface area contributed by atoms with Crippen LogP contribution in [-0.4, -0.2) is 23.5 Å². The summed E-state index contributed by atoms with van der Waals surface area (Å²) < 4.78 is 5.76. The first kappa shape index (κ1) is 24.2. The molecule has 0 spiro atoms. The number of aryl methyl sites for hydroxylation is 1. The standard InChI is InChI=1S/C29H32O4/c1-2-3-7-20-33-27-18-16-24(17-19-27)23-12-14-25(15-13-23)28(30)21-26(29(31)32)11-10-22-8-5-4-6-9-22/h4-6,8-9,12-19,26H,2-3,7,10-11,20-21H2,1H3,(H,31,32). The van der Waals surface area contributed by atoms with E-state index in [0.717, 1.165) is 35.5 Å². The van der Waals surface area contributed by atoms with Gasteiger partial charge in [-0.15, -0.1) is 0 Å². The summed E-state index contributed by atoms with van der Waals surface area (Å²) in [7, 11) is 0. The lowest BCUT2D eigenvalue weighted by atomic mass is 9.92. The molecule has 3 rings (SSSR count). The first-order chi connectivity index (χ1) is 16.1. The predicted octanol–water partition coefficient (Wildman–Crippen LogP) is 6.83. The average molecular weight is 445 g/mol. The molecule has 1 atom stereocenters. The van der Waals surface area contributed by atoms with Crippen molar-refractivity contribution in [2.24, 2.45) is 5.92 Å². The van der Waals surface area contributed by atoms with Crippen molar-refractivity contribution in [3.63, 3.8) is 0 Å². The molecule has 0 fully saturated rings. The monoisotopic (exact) mass is 444 g/mol. The molecule has 3 aromatic carbocycles. The molecule has 33 heavy (non-hydrogen) atoms. The zero-order chi connectivity index (χ0) is 23.5. The van der Waals surface area contributed by atoms with E-state index in [2.05, 4.69) is 6.92 Å². The van der Waals surface area contributed by atoms with Crippen LogP contribution in [0.15, 0.2) is 78.9 Å². The Balaban J connectivity index is 1.56. The third kappa shape index (κ3) is 7.60. The Hall–Kier alpha value is -3.40. The number of ether oxygens (including phenoxy) is 1. The zero-order valence-electron chi connectivity index (χ0n) is 19.2. The van der Waals surface area contributed by atoms with Crippen molar-refractivity contribution in [2.45, 2.75) is 45.4 Å². The van der Waals surface area contributed by atoms with Gasteiger partial charge in [-0.05, 0) is 48.1 Å². The summed E-state index contributed by atoms with van der Waals surface area (Å²) in [6, 6.07) is 25.1. The summed E-state index contributed by atoms with van der Waals surface area (Å²) >= 11 is 0. The number of benzene rings is 3. The van der Waals surface area contributed by atoms with Crippen LogP contribution in [0, 0.1) is 5.92 Å². The van der Waals surface area contributed by atoms with Gasteiger partial charge in [0.05, 0.1) is 12.5 Å². The number of unbranched alkanes of at least 4 members (excludes halogenated alkanes) is 2. The molecule has 0 saturated heterocycles. The molecule has 0 saturated carbocycles. The fourth-order valence-electron chi connectivity index (χ4n) is 3.77. The van der Waals surface area contributed by atoms with Gasteiger partial charge >= 0.3 is 5.97 Å². The minimum atomic E-state index is -0.923. The van der Waals surface area contributed by atoms with Crippen molar-refractivity contribution in [1.82, 2.24) is 0 Å². The molecular weight excluding hydrogens is 412 g/mol. The van der Waals surface area contributed by atoms with Crippen molar-refractivity contribution in [2.75, 3.05) is 6.61 Å². The van der Waals surface area contributed by atoms with Crippen LogP contribution in [-0.2, 0) is 11.2 Å². The molecule has 0 bridgehead atoms. The second-order valence-corrected chi connectivity index (χ2v) is 8.34. The maximum atomic E-state index is 12.7. The quantitative estimate of drug-likeness (QED) is 0.232. The molecule has 172 valence electrons. The zero-order valence-corrected chi connectivity index (χ0v) is 19.2. The summed E-state index contributed by atoms with van der Waals surface area (Å²) in [4.78, 5) is 24.4. The van der Waals surface area contributed by atoms with Gasteiger partial charge in [0, 0.05) is 12.0 Å². The highest BCUT2D eigenvalue weighted by atomic mass is 16.5. The number of ketones is 1. The van der Waals surface area contributed by atoms with Gasteiger partial charge in [-0.25, -0.2) is 0 Å². The number of aliphatic carboxylic acids is 1. The maximum absolute atomic E-state index is 12.7. The van der Waals surface area contributed by atoms with Crippen LogP contribution in [0.4, 0.5) is 0 Å². The van der Waals surface area contributed by atoms with E-state index in [9.17, 15) is 14.7 Å². The summed E-state index contributed by atoms with van der Waals surface area (Å²) in [6.45, 7) is 2.90. The molecule has 0 aliphatic rings. The highest BCUT2D eigenvalue weighted by molar-refractivity contribution is 5.98. The Morgan fingerprint density at radius 2 is 1.48 bits per heavy atom. The molecule has 4 heteroatoms. The Morgan fingerprint density at radius 1 is 0.848 bits per heavy atom. The van der Waals surface area contributed by atoms with Crippen LogP contribution in [0.2, 0.25) is 0 Å². The highest BCUT2D eigenvalue weighted by Gasteiger charge is 2.22. The normalized spacial score (nSPS) is 11.7. The number of carboxylic acids is 1. The van der Waals surface area contributed by atoms with Gasteiger partial charge in [0.15, 0.2) is 5.78 Å². The van der Waals surface area contributed by atoms with Gasteiger partial charge in [-0.1, -0.05) is 86.5 Å². The largest absolute Gasteiger partial charge is 0.494 e. The second kappa shape index (κ2) is 12.6. The Morgan fingerprint density at radius 3 is 2.09 bits per heavy atom. The highest BCUT2D eigenvalue weighted by Crippen LogP contribution is 2.24. The van der Waals surface area contributed by atoms with Crippen LogP contribution < -0.4 is 4.74 Å². The van der Waals surface area contributed by atoms with E-state index in [4.69, 9.17) is 4.74 Å². The third-order valence-corrected chi connectivity index (χ3v) is 5.82. The van der Waals surface area contributed by atoms with Gasteiger partial charge in [-0.2, -0.15) is 0 Å². The number of hydrogen-bond acceptors (Lipinski definition) is 3. The number of hydrogen-bond donors (Lipinski definition) is 1. The minimum Gasteiger partial charge on any atom is -0.494 e. The lowest BCUT2D eigenvalue weighted by molar-refractivity contribution is -0.141. The van der Waals surface area contributed by atoms with Crippen molar-refractivity contribution in [3.05, 3.63) is 90.0 Å². The smallest absolute Gasteiger partial charge is 0.306 e. The summed E-state index contributed by atoms with van der Waals surface area (Å²) in [5, 5.41) is 9.58. The van der Waals surface area contributed by atoms with E-state index in [1.807, 2.05) is 66.7 Å². The molecule has 1 N–H and O–H groups in total. The molecule has 0 heterocycles. The fraction of sp³-hybridized carbons (Fsp3) is 0.310. The minimum absolute atomic E-state index is 0.00554. The Kier molecular flexibility index (Phi) is 9.25. The lowest BCUT2D eigenvalue weighted by Crippen LogP contribution is -2.19. The number of carboxylic acid groups (broad SMARTS) is 1. The molecule has 0 aliphatic carbocycles. The van der Waals surface area contributed by atoms with E-state index in [1.165, 1.54) is 12.8 Å². The van der Waals surface area contributed by atoms with Crippen molar-refractivity contribution in [1.29, 1.82) is 0 Å². The second-order valence-electron chi connectivity index (χ2n) is 8.34. The first-order valence-corrected chi connectivity index (χ1v) is 11.7. The van der Waals surface area contributed by atoms with Crippen LogP contribution in [0.3, 0.4) is 0 Å². The van der Waals surface area contributed by atoms with Gasteiger partial charge in [-0.3, -0.25) is 9.59 Å². The average Bonchev–Trinajstić information content (AvgIpc) is 2.85. The molecule has 0 aromatic heterocycles. The van der Waals surface area contributed by atoms with Gasteiger partial charge in [0.2, 0.25) is 0 Å².